The van der Waals surface area contributed by atoms with Gasteiger partial charge in [0.05, 0.1) is 0 Å². The summed E-state index contributed by atoms with van der Waals surface area (Å²) in [5, 5.41) is 0. The molecule has 0 spiro atoms. The van der Waals surface area contributed by atoms with Crippen molar-refractivity contribution in [2.24, 2.45) is 11.8 Å². The molecule has 278 valence electrons. The van der Waals surface area contributed by atoms with Crippen LogP contribution in [0.3, 0.4) is 0 Å². The molecular formula is C41H78O6. The molecule has 0 fully saturated rings. The standard InChI is InChI=1S/C41H78O6/c1-6-8-9-19-26-31-39(42)45-34-38(47-41(44)33-28-23-18-17-21-25-30-37(5)7-2)35-46-40(43)32-27-22-16-14-12-10-11-13-15-20-24-29-36(3)4/h36-38H,6-35H2,1-5H3/t37?,38-/m0/s1. The normalized spacial score (nSPS) is 12.6. The Morgan fingerprint density at radius 3 is 1.21 bits per heavy atom. The average Bonchev–Trinajstić information content (AvgIpc) is 3.05. The van der Waals surface area contributed by atoms with Gasteiger partial charge in [0.1, 0.15) is 13.2 Å². The molecule has 0 amide bonds. The zero-order valence-electron chi connectivity index (χ0n) is 31.9. The molecule has 0 aromatic carbocycles. The molecule has 0 aliphatic rings. The zero-order chi connectivity index (χ0) is 34.8. The van der Waals surface area contributed by atoms with Crippen LogP contribution in [0, 0.1) is 11.8 Å². The average molecular weight is 667 g/mol. The van der Waals surface area contributed by atoms with Gasteiger partial charge in [-0.25, -0.2) is 0 Å². The topological polar surface area (TPSA) is 78.9 Å². The van der Waals surface area contributed by atoms with Crippen LogP contribution in [0.4, 0.5) is 0 Å². The first kappa shape index (κ1) is 45.4. The lowest BCUT2D eigenvalue weighted by molar-refractivity contribution is -0.167. The van der Waals surface area contributed by atoms with Gasteiger partial charge in [-0.05, 0) is 31.1 Å². The van der Waals surface area contributed by atoms with Crippen molar-refractivity contribution in [1.29, 1.82) is 0 Å². The van der Waals surface area contributed by atoms with Gasteiger partial charge in [0.15, 0.2) is 6.10 Å². The Kier molecular flexibility index (Phi) is 33.1. The molecule has 0 bridgehead atoms. The van der Waals surface area contributed by atoms with Crippen LogP contribution in [0.15, 0.2) is 0 Å². The molecule has 0 saturated heterocycles. The molecular weight excluding hydrogens is 588 g/mol. The summed E-state index contributed by atoms with van der Waals surface area (Å²) in [5.41, 5.74) is 0. The quantitative estimate of drug-likeness (QED) is 0.0380. The molecule has 0 aliphatic carbocycles. The largest absolute Gasteiger partial charge is 0.462 e. The molecule has 0 N–H and O–H groups in total. The second-order valence-corrected chi connectivity index (χ2v) is 14.6. The summed E-state index contributed by atoms with van der Waals surface area (Å²) in [4.78, 5) is 37.3. The zero-order valence-corrected chi connectivity index (χ0v) is 31.9. The Labute approximate surface area is 291 Å². The molecule has 6 heteroatoms. The van der Waals surface area contributed by atoms with E-state index in [-0.39, 0.29) is 31.1 Å². The van der Waals surface area contributed by atoms with Crippen LogP contribution in [0.5, 0.6) is 0 Å². The molecule has 0 aromatic heterocycles. The summed E-state index contributed by atoms with van der Waals surface area (Å²) in [7, 11) is 0. The Morgan fingerprint density at radius 1 is 0.447 bits per heavy atom. The minimum atomic E-state index is -0.758. The predicted molar refractivity (Wildman–Crippen MR) is 196 cm³/mol. The van der Waals surface area contributed by atoms with Crippen molar-refractivity contribution in [2.75, 3.05) is 13.2 Å². The van der Waals surface area contributed by atoms with Gasteiger partial charge in [-0.2, -0.15) is 0 Å². The third-order valence-corrected chi connectivity index (χ3v) is 9.33. The van der Waals surface area contributed by atoms with Crippen LogP contribution in [0.2, 0.25) is 0 Å². The van der Waals surface area contributed by atoms with Crippen LogP contribution in [-0.2, 0) is 28.6 Å². The first-order valence-electron chi connectivity index (χ1n) is 20.3. The number of hydrogen-bond donors (Lipinski definition) is 0. The fourth-order valence-electron chi connectivity index (χ4n) is 5.84. The van der Waals surface area contributed by atoms with E-state index in [1.807, 2.05) is 0 Å². The molecule has 0 aromatic rings. The van der Waals surface area contributed by atoms with Crippen molar-refractivity contribution in [3.8, 4) is 0 Å². The lowest BCUT2D eigenvalue weighted by atomic mass is 10.00. The number of unbranched alkanes of at least 4 members (excludes halogenated alkanes) is 19. The SMILES string of the molecule is CCCCCCCC(=O)OC[C@@H](COC(=O)CCCCCCCCCCCCCC(C)C)OC(=O)CCCCCCCCC(C)CC. The first-order chi connectivity index (χ1) is 22.8. The number of esters is 3. The molecule has 1 unspecified atom stereocenters. The molecule has 0 saturated carbocycles. The molecule has 0 aliphatic heterocycles. The molecule has 2 atom stereocenters. The molecule has 6 nitrogen and oxygen atoms in total. The van der Waals surface area contributed by atoms with Crippen molar-refractivity contribution in [3.63, 3.8) is 0 Å². The van der Waals surface area contributed by atoms with Gasteiger partial charge in [-0.1, -0.05) is 176 Å². The van der Waals surface area contributed by atoms with Crippen molar-refractivity contribution < 1.29 is 28.6 Å². The number of rotatable bonds is 35. The highest BCUT2D eigenvalue weighted by molar-refractivity contribution is 5.71. The predicted octanol–water partition coefficient (Wildman–Crippen LogP) is 12.2. The van der Waals surface area contributed by atoms with E-state index in [2.05, 4.69) is 34.6 Å². The number of hydrogen-bond acceptors (Lipinski definition) is 6. The van der Waals surface area contributed by atoms with Crippen LogP contribution in [0.25, 0.3) is 0 Å². The van der Waals surface area contributed by atoms with E-state index in [0.29, 0.717) is 19.3 Å². The maximum absolute atomic E-state index is 12.6. The van der Waals surface area contributed by atoms with E-state index < -0.39 is 6.10 Å². The van der Waals surface area contributed by atoms with Gasteiger partial charge in [-0.3, -0.25) is 14.4 Å². The summed E-state index contributed by atoms with van der Waals surface area (Å²) >= 11 is 0. The maximum Gasteiger partial charge on any atom is 0.306 e. The smallest absolute Gasteiger partial charge is 0.306 e. The molecule has 0 rings (SSSR count). The van der Waals surface area contributed by atoms with Crippen molar-refractivity contribution in [2.45, 2.75) is 221 Å². The van der Waals surface area contributed by atoms with Gasteiger partial charge in [0.25, 0.3) is 0 Å². The first-order valence-corrected chi connectivity index (χ1v) is 20.3. The minimum absolute atomic E-state index is 0.0675. The Balaban J connectivity index is 4.24. The van der Waals surface area contributed by atoms with Crippen molar-refractivity contribution >= 4 is 17.9 Å². The highest BCUT2D eigenvalue weighted by Crippen LogP contribution is 2.16. The molecule has 0 heterocycles. The van der Waals surface area contributed by atoms with E-state index in [4.69, 9.17) is 14.2 Å². The van der Waals surface area contributed by atoms with Gasteiger partial charge < -0.3 is 14.2 Å². The monoisotopic (exact) mass is 667 g/mol. The Morgan fingerprint density at radius 2 is 0.809 bits per heavy atom. The third kappa shape index (κ3) is 34.1. The third-order valence-electron chi connectivity index (χ3n) is 9.33. The molecule has 0 radical (unpaired) electrons. The highest BCUT2D eigenvalue weighted by Gasteiger charge is 2.19. The molecule has 47 heavy (non-hydrogen) atoms. The number of ether oxygens (including phenoxy) is 3. The van der Waals surface area contributed by atoms with Crippen LogP contribution < -0.4 is 0 Å². The second-order valence-electron chi connectivity index (χ2n) is 14.6. The van der Waals surface area contributed by atoms with Crippen molar-refractivity contribution in [3.05, 3.63) is 0 Å². The van der Waals surface area contributed by atoms with Gasteiger partial charge in [-0.15, -0.1) is 0 Å². The van der Waals surface area contributed by atoms with Crippen LogP contribution in [0.1, 0.15) is 214 Å². The summed E-state index contributed by atoms with van der Waals surface area (Å²) in [6.07, 6.45) is 29.8. The van der Waals surface area contributed by atoms with E-state index in [0.717, 1.165) is 76.0 Å². The number of carbonyl (C=O) groups excluding carboxylic acids is 3. The Hall–Kier alpha value is -1.59. The lowest BCUT2D eigenvalue weighted by Gasteiger charge is -2.18. The highest BCUT2D eigenvalue weighted by atomic mass is 16.6. The minimum Gasteiger partial charge on any atom is -0.462 e. The van der Waals surface area contributed by atoms with E-state index in [1.54, 1.807) is 0 Å². The van der Waals surface area contributed by atoms with E-state index >= 15 is 0 Å². The van der Waals surface area contributed by atoms with Crippen LogP contribution in [-0.4, -0.2) is 37.2 Å². The van der Waals surface area contributed by atoms with Gasteiger partial charge in [0.2, 0.25) is 0 Å². The van der Waals surface area contributed by atoms with E-state index in [1.165, 1.54) is 96.3 Å². The van der Waals surface area contributed by atoms with Crippen molar-refractivity contribution in [1.82, 2.24) is 0 Å². The Bertz CT molecular complexity index is 721. The number of carbonyl (C=O) groups is 3. The fourth-order valence-corrected chi connectivity index (χ4v) is 5.84. The second kappa shape index (κ2) is 34.3. The van der Waals surface area contributed by atoms with Gasteiger partial charge >= 0.3 is 17.9 Å². The lowest BCUT2D eigenvalue weighted by Crippen LogP contribution is -2.30. The summed E-state index contributed by atoms with van der Waals surface area (Å²) in [6, 6.07) is 0. The fraction of sp³-hybridized carbons (Fsp3) is 0.927. The van der Waals surface area contributed by atoms with Gasteiger partial charge in [0, 0.05) is 19.3 Å². The van der Waals surface area contributed by atoms with Crippen LogP contribution >= 0.6 is 0 Å². The summed E-state index contributed by atoms with van der Waals surface area (Å²) in [5.74, 6) is 0.756. The maximum atomic E-state index is 12.6. The van der Waals surface area contributed by atoms with E-state index in [9.17, 15) is 14.4 Å². The summed E-state index contributed by atoms with van der Waals surface area (Å²) < 4.78 is 16.5. The summed E-state index contributed by atoms with van der Waals surface area (Å²) in [6.45, 7) is 11.2.